The van der Waals surface area contributed by atoms with Gasteiger partial charge in [-0.05, 0) is 43.0 Å². The molecule has 0 saturated carbocycles. The largest absolute Gasteiger partial charge is 0.493 e. The van der Waals surface area contributed by atoms with Crippen molar-refractivity contribution < 1.29 is 13.9 Å². The average molecular weight is 436 g/mol. The van der Waals surface area contributed by atoms with Crippen LogP contribution in [-0.4, -0.2) is 67.4 Å². The van der Waals surface area contributed by atoms with Crippen molar-refractivity contribution in [3.05, 3.63) is 42.2 Å². The van der Waals surface area contributed by atoms with Gasteiger partial charge in [-0.1, -0.05) is 19.1 Å². The van der Waals surface area contributed by atoms with Gasteiger partial charge in [0.1, 0.15) is 0 Å². The van der Waals surface area contributed by atoms with Crippen LogP contribution in [0.25, 0.3) is 11.0 Å². The second-order valence-electron chi connectivity index (χ2n) is 8.69. The highest BCUT2D eigenvalue weighted by Crippen LogP contribution is 2.29. The molecule has 2 aliphatic rings. The molecular formula is C24H29N5O3. The summed E-state index contributed by atoms with van der Waals surface area (Å²) in [6, 6.07) is 11.5. The third kappa shape index (κ3) is 3.97. The van der Waals surface area contributed by atoms with Crippen LogP contribution in [0.3, 0.4) is 0 Å². The highest BCUT2D eigenvalue weighted by Gasteiger charge is 2.26. The van der Waals surface area contributed by atoms with Gasteiger partial charge in [0, 0.05) is 44.7 Å². The maximum atomic E-state index is 13.0. The van der Waals surface area contributed by atoms with Crippen LogP contribution in [-0.2, 0) is 0 Å². The van der Waals surface area contributed by atoms with Crippen molar-refractivity contribution in [1.29, 1.82) is 0 Å². The Hall–Kier alpha value is -3.29. The van der Waals surface area contributed by atoms with Crippen molar-refractivity contribution >= 4 is 28.5 Å². The zero-order valence-corrected chi connectivity index (χ0v) is 18.7. The lowest BCUT2D eigenvalue weighted by molar-refractivity contribution is 0.0716. The third-order valence-electron chi connectivity index (χ3n) is 6.57. The molecule has 32 heavy (non-hydrogen) atoms. The van der Waals surface area contributed by atoms with E-state index in [-0.39, 0.29) is 5.91 Å². The van der Waals surface area contributed by atoms with E-state index in [2.05, 4.69) is 33.0 Å². The molecule has 2 fully saturated rings. The lowest BCUT2D eigenvalue weighted by Crippen LogP contribution is -2.49. The molecule has 0 atom stereocenters. The first kappa shape index (κ1) is 20.6. The molecule has 3 aromatic rings. The number of anilines is 2. The summed E-state index contributed by atoms with van der Waals surface area (Å²) >= 11 is 0. The number of carbonyl (C=O) groups excluding carboxylic acids is 1. The molecule has 2 aliphatic heterocycles. The van der Waals surface area contributed by atoms with Gasteiger partial charge in [0.2, 0.25) is 0 Å². The number of fused-ring (bicyclic) bond motifs is 1. The van der Waals surface area contributed by atoms with Gasteiger partial charge < -0.3 is 23.9 Å². The van der Waals surface area contributed by atoms with E-state index in [1.54, 1.807) is 13.2 Å². The monoisotopic (exact) mass is 435 g/mol. The number of benzene rings is 1. The molecular weight excluding hydrogens is 406 g/mol. The van der Waals surface area contributed by atoms with E-state index in [1.165, 1.54) is 12.8 Å². The van der Waals surface area contributed by atoms with Gasteiger partial charge in [-0.2, -0.15) is 0 Å². The van der Waals surface area contributed by atoms with Crippen LogP contribution in [0.5, 0.6) is 5.75 Å². The first-order chi connectivity index (χ1) is 15.6. The van der Waals surface area contributed by atoms with Crippen LogP contribution < -0.4 is 14.5 Å². The number of carbonyl (C=O) groups is 1. The SMILES string of the molecule is COc1cccc2cc(C(=O)N3CCN(c4ccc(N5CCC(C)CC5)nn4)CC3)oc12. The Morgan fingerprint density at radius 1 is 0.969 bits per heavy atom. The van der Waals surface area contributed by atoms with Crippen molar-refractivity contribution in [3.8, 4) is 5.75 Å². The molecule has 8 nitrogen and oxygen atoms in total. The number of furan rings is 1. The number of hydrogen-bond donors (Lipinski definition) is 0. The summed E-state index contributed by atoms with van der Waals surface area (Å²) in [7, 11) is 1.60. The van der Waals surface area contributed by atoms with Crippen LogP contribution in [0.15, 0.2) is 40.8 Å². The molecule has 4 heterocycles. The topological polar surface area (TPSA) is 74.9 Å². The number of amides is 1. The number of hydrogen-bond acceptors (Lipinski definition) is 7. The Bertz CT molecular complexity index is 1080. The van der Waals surface area contributed by atoms with Crippen LogP contribution in [0.4, 0.5) is 11.6 Å². The summed E-state index contributed by atoms with van der Waals surface area (Å²) in [6.07, 6.45) is 2.41. The molecule has 5 rings (SSSR count). The number of ether oxygens (including phenoxy) is 1. The van der Waals surface area contributed by atoms with Crippen LogP contribution in [0.1, 0.15) is 30.3 Å². The molecule has 168 valence electrons. The van der Waals surface area contributed by atoms with E-state index in [0.717, 1.165) is 36.0 Å². The molecule has 0 spiro atoms. The first-order valence-electron chi connectivity index (χ1n) is 11.3. The predicted molar refractivity (Wildman–Crippen MR) is 124 cm³/mol. The van der Waals surface area contributed by atoms with E-state index in [1.807, 2.05) is 29.2 Å². The van der Waals surface area contributed by atoms with Crippen molar-refractivity contribution in [2.45, 2.75) is 19.8 Å². The van der Waals surface area contributed by atoms with E-state index < -0.39 is 0 Å². The molecule has 1 aromatic carbocycles. The zero-order chi connectivity index (χ0) is 22.1. The molecule has 8 heteroatoms. The minimum atomic E-state index is -0.0938. The number of rotatable bonds is 4. The Morgan fingerprint density at radius 2 is 1.62 bits per heavy atom. The smallest absolute Gasteiger partial charge is 0.289 e. The average Bonchev–Trinajstić information content (AvgIpc) is 3.29. The lowest BCUT2D eigenvalue weighted by atomic mass is 9.99. The van der Waals surface area contributed by atoms with Crippen LogP contribution in [0.2, 0.25) is 0 Å². The Balaban J connectivity index is 1.21. The van der Waals surface area contributed by atoms with Crippen molar-refractivity contribution in [3.63, 3.8) is 0 Å². The highest BCUT2D eigenvalue weighted by atomic mass is 16.5. The van der Waals surface area contributed by atoms with Crippen molar-refractivity contribution in [1.82, 2.24) is 15.1 Å². The second kappa shape index (κ2) is 8.68. The predicted octanol–water partition coefficient (Wildman–Crippen LogP) is 3.43. The van der Waals surface area contributed by atoms with Gasteiger partial charge in [-0.25, -0.2) is 0 Å². The molecule has 0 N–H and O–H groups in total. The van der Waals surface area contributed by atoms with E-state index in [4.69, 9.17) is 9.15 Å². The molecule has 1 amide bonds. The molecule has 2 saturated heterocycles. The highest BCUT2D eigenvalue weighted by molar-refractivity contribution is 5.97. The summed E-state index contributed by atoms with van der Waals surface area (Å²) in [5, 5.41) is 9.81. The Kier molecular flexibility index (Phi) is 5.59. The van der Waals surface area contributed by atoms with Gasteiger partial charge in [-0.15, -0.1) is 10.2 Å². The quantitative estimate of drug-likeness (QED) is 0.621. The Morgan fingerprint density at radius 3 is 2.25 bits per heavy atom. The van der Waals surface area contributed by atoms with Crippen molar-refractivity contribution in [2.75, 3.05) is 56.2 Å². The number of piperidine rings is 1. The van der Waals surface area contributed by atoms with Gasteiger partial charge in [0.25, 0.3) is 5.91 Å². The summed E-state index contributed by atoms with van der Waals surface area (Å²) in [5.74, 6) is 3.49. The van der Waals surface area contributed by atoms with E-state index >= 15 is 0 Å². The first-order valence-corrected chi connectivity index (χ1v) is 11.3. The summed E-state index contributed by atoms with van der Waals surface area (Å²) < 4.78 is 11.2. The fourth-order valence-corrected chi connectivity index (χ4v) is 4.49. The number of para-hydroxylation sites is 1. The number of methoxy groups -OCH3 is 1. The molecule has 0 unspecified atom stereocenters. The van der Waals surface area contributed by atoms with Gasteiger partial charge >= 0.3 is 0 Å². The lowest BCUT2D eigenvalue weighted by Gasteiger charge is -2.35. The van der Waals surface area contributed by atoms with Gasteiger partial charge in [0.05, 0.1) is 7.11 Å². The van der Waals surface area contributed by atoms with Crippen molar-refractivity contribution in [2.24, 2.45) is 5.92 Å². The standard InChI is InChI=1S/C24H29N5O3/c1-17-8-10-27(11-9-17)21-6-7-22(26-25-21)28-12-14-29(15-13-28)24(30)20-16-18-4-3-5-19(31-2)23(18)32-20/h3-7,16-17H,8-15H2,1-2H3. The fraction of sp³-hybridized carbons (Fsp3) is 0.458. The zero-order valence-electron chi connectivity index (χ0n) is 18.7. The van der Waals surface area contributed by atoms with Crippen LogP contribution >= 0.6 is 0 Å². The molecule has 0 aliphatic carbocycles. The number of aromatic nitrogens is 2. The van der Waals surface area contributed by atoms with E-state index in [0.29, 0.717) is 43.3 Å². The third-order valence-corrected chi connectivity index (χ3v) is 6.57. The maximum Gasteiger partial charge on any atom is 0.289 e. The fourth-order valence-electron chi connectivity index (χ4n) is 4.49. The van der Waals surface area contributed by atoms with Gasteiger partial charge in [-0.3, -0.25) is 4.79 Å². The second-order valence-corrected chi connectivity index (χ2v) is 8.69. The van der Waals surface area contributed by atoms with Crippen LogP contribution in [0, 0.1) is 5.92 Å². The minimum absolute atomic E-state index is 0.0938. The Labute approximate surface area is 187 Å². The van der Waals surface area contributed by atoms with E-state index in [9.17, 15) is 4.79 Å². The molecule has 2 aromatic heterocycles. The maximum absolute atomic E-state index is 13.0. The minimum Gasteiger partial charge on any atom is -0.493 e. The summed E-state index contributed by atoms with van der Waals surface area (Å²) in [6.45, 7) is 7.05. The summed E-state index contributed by atoms with van der Waals surface area (Å²) in [4.78, 5) is 19.3. The molecule has 0 bridgehead atoms. The van der Waals surface area contributed by atoms with Gasteiger partial charge in [0.15, 0.2) is 28.7 Å². The summed E-state index contributed by atoms with van der Waals surface area (Å²) in [5.41, 5.74) is 0.607. The normalized spacial score (nSPS) is 17.8. The molecule has 0 radical (unpaired) electrons. The number of piperazine rings is 1. The number of nitrogens with zero attached hydrogens (tertiary/aromatic N) is 5.